The van der Waals surface area contributed by atoms with Crippen molar-refractivity contribution in [3.63, 3.8) is 0 Å². The Morgan fingerprint density at radius 1 is 1.09 bits per heavy atom. The summed E-state index contributed by atoms with van der Waals surface area (Å²) in [5, 5.41) is 35.7. The maximum Gasteiger partial charge on any atom is 0.424 e. The highest BCUT2D eigenvalue weighted by molar-refractivity contribution is 7.13. The summed E-state index contributed by atoms with van der Waals surface area (Å²) in [6, 6.07) is 4.58. The number of thiazole rings is 1. The van der Waals surface area contributed by atoms with Gasteiger partial charge in [0.2, 0.25) is 0 Å². The standard InChI is InChI=1S/C17H16N10O5S/c1-25-10(15(29)19-5-3-4-18)6-13(24-25)22-16(30)11-7-12(23-26(11)2)21-14(28)9-8-33-17(20-9)27(31)32/h6-8H,3,5H2,1-2H3,(H,19,29)(H,21,23,28)(H,22,24,30). The van der Waals surface area contributed by atoms with Gasteiger partial charge in [0.1, 0.15) is 11.4 Å². The smallest absolute Gasteiger partial charge is 0.357 e. The number of hydrogen-bond donors (Lipinski definition) is 3. The Kier molecular flexibility index (Phi) is 6.74. The largest absolute Gasteiger partial charge is 0.424 e. The second-order valence-electron chi connectivity index (χ2n) is 6.42. The molecule has 0 spiro atoms. The third-order valence-electron chi connectivity index (χ3n) is 4.11. The van der Waals surface area contributed by atoms with Crippen LogP contribution in [0.4, 0.5) is 16.8 Å². The van der Waals surface area contributed by atoms with E-state index in [1.807, 2.05) is 6.07 Å². The average molecular weight is 472 g/mol. The molecule has 0 unspecified atom stereocenters. The molecule has 15 nitrogen and oxygen atoms in total. The highest BCUT2D eigenvalue weighted by Crippen LogP contribution is 2.19. The number of carbonyl (C=O) groups is 3. The second kappa shape index (κ2) is 9.65. The van der Waals surface area contributed by atoms with Gasteiger partial charge in [0, 0.05) is 32.8 Å². The van der Waals surface area contributed by atoms with Crippen LogP contribution in [0, 0.1) is 21.4 Å². The van der Waals surface area contributed by atoms with Crippen LogP contribution in [0.2, 0.25) is 0 Å². The zero-order valence-corrected chi connectivity index (χ0v) is 18.0. The molecule has 3 rings (SSSR count). The van der Waals surface area contributed by atoms with Gasteiger partial charge in [-0.3, -0.25) is 23.7 Å². The van der Waals surface area contributed by atoms with E-state index < -0.39 is 27.8 Å². The number of nitrogens with zero attached hydrogens (tertiary/aromatic N) is 7. The van der Waals surface area contributed by atoms with Gasteiger partial charge in [-0.1, -0.05) is 0 Å². The molecule has 0 saturated heterocycles. The summed E-state index contributed by atoms with van der Waals surface area (Å²) in [6.07, 6.45) is 0.159. The molecule has 3 aromatic heterocycles. The van der Waals surface area contributed by atoms with E-state index in [9.17, 15) is 24.5 Å². The Labute approximate surface area is 189 Å². The Morgan fingerprint density at radius 2 is 1.67 bits per heavy atom. The first-order chi connectivity index (χ1) is 15.7. The van der Waals surface area contributed by atoms with Gasteiger partial charge < -0.3 is 26.1 Å². The fourth-order valence-electron chi connectivity index (χ4n) is 2.62. The molecular weight excluding hydrogens is 456 g/mol. The monoisotopic (exact) mass is 472 g/mol. The molecule has 0 aliphatic rings. The van der Waals surface area contributed by atoms with E-state index in [1.165, 1.54) is 41.0 Å². The number of amides is 3. The van der Waals surface area contributed by atoms with E-state index in [1.54, 1.807) is 0 Å². The van der Waals surface area contributed by atoms with E-state index in [0.29, 0.717) is 11.3 Å². The number of anilines is 2. The van der Waals surface area contributed by atoms with Crippen molar-refractivity contribution < 1.29 is 19.3 Å². The fraction of sp³-hybridized carbons (Fsp3) is 0.235. The van der Waals surface area contributed by atoms with E-state index >= 15 is 0 Å². The Morgan fingerprint density at radius 3 is 2.21 bits per heavy atom. The SMILES string of the molecule is Cn1nc(NC(=O)c2cc(NC(=O)c3csc([N+](=O)[O-])n3)nn2C)cc1C(=O)NCCC#N. The summed E-state index contributed by atoms with van der Waals surface area (Å²) < 4.78 is 2.49. The summed E-state index contributed by atoms with van der Waals surface area (Å²) in [5.74, 6) is -1.64. The molecule has 3 aromatic rings. The van der Waals surface area contributed by atoms with E-state index in [0.717, 1.165) is 0 Å². The highest BCUT2D eigenvalue weighted by atomic mass is 32.1. The van der Waals surface area contributed by atoms with Crippen molar-refractivity contribution in [2.45, 2.75) is 6.42 Å². The maximum absolute atomic E-state index is 12.6. The zero-order valence-electron chi connectivity index (χ0n) is 17.2. The van der Waals surface area contributed by atoms with Gasteiger partial charge in [0.15, 0.2) is 11.6 Å². The molecule has 0 fully saturated rings. The molecule has 0 aliphatic carbocycles. The minimum atomic E-state index is -0.721. The third-order valence-corrected chi connectivity index (χ3v) is 4.90. The Balaban J connectivity index is 1.67. The van der Waals surface area contributed by atoms with Crippen LogP contribution in [0.25, 0.3) is 0 Å². The van der Waals surface area contributed by atoms with Crippen LogP contribution >= 0.6 is 11.3 Å². The number of carbonyl (C=O) groups excluding carboxylic acids is 3. The molecule has 0 radical (unpaired) electrons. The van der Waals surface area contributed by atoms with Gasteiger partial charge in [-0.05, 0) is 21.2 Å². The lowest BCUT2D eigenvalue weighted by Gasteiger charge is -2.01. The van der Waals surface area contributed by atoms with Crippen LogP contribution in [0.5, 0.6) is 0 Å². The molecule has 3 amide bonds. The van der Waals surface area contributed by atoms with Crippen LogP contribution in [0.1, 0.15) is 37.9 Å². The molecule has 16 heteroatoms. The molecule has 3 heterocycles. The third kappa shape index (κ3) is 5.34. The number of aryl methyl sites for hydroxylation is 2. The van der Waals surface area contributed by atoms with Gasteiger partial charge >= 0.3 is 11.0 Å². The van der Waals surface area contributed by atoms with Gasteiger partial charge in [-0.2, -0.15) is 15.5 Å². The Hall–Kier alpha value is -4.65. The van der Waals surface area contributed by atoms with Crippen LogP contribution in [0.3, 0.4) is 0 Å². The van der Waals surface area contributed by atoms with Crippen LogP contribution in [-0.2, 0) is 14.1 Å². The number of nitro groups is 1. The van der Waals surface area contributed by atoms with E-state index in [2.05, 4.69) is 31.1 Å². The van der Waals surface area contributed by atoms with Crippen molar-refractivity contribution in [1.29, 1.82) is 5.26 Å². The van der Waals surface area contributed by atoms with Crippen molar-refractivity contribution in [3.05, 3.63) is 44.7 Å². The number of nitrogens with one attached hydrogen (secondary N) is 3. The first kappa shape index (κ1) is 23.0. The van der Waals surface area contributed by atoms with Crippen molar-refractivity contribution in [2.75, 3.05) is 17.2 Å². The zero-order chi connectivity index (χ0) is 24.1. The maximum atomic E-state index is 12.6. The Bertz CT molecular complexity index is 1280. The van der Waals surface area contributed by atoms with Gasteiger partial charge in [0.25, 0.3) is 17.5 Å². The molecule has 170 valence electrons. The van der Waals surface area contributed by atoms with E-state index in [-0.39, 0.29) is 41.7 Å². The average Bonchev–Trinajstić information content (AvgIpc) is 3.47. The predicted octanol–water partition coefficient (Wildman–Crippen LogP) is 0.666. The molecule has 0 aliphatic heterocycles. The topological polar surface area (TPSA) is 203 Å². The number of rotatable bonds is 8. The van der Waals surface area contributed by atoms with Crippen molar-refractivity contribution in [3.8, 4) is 6.07 Å². The molecule has 0 saturated carbocycles. The molecule has 0 bridgehead atoms. The summed E-state index contributed by atoms with van der Waals surface area (Å²) in [7, 11) is 3.00. The summed E-state index contributed by atoms with van der Waals surface area (Å²) >= 11 is 0.709. The first-order valence-electron chi connectivity index (χ1n) is 9.15. The van der Waals surface area contributed by atoms with Crippen LogP contribution < -0.4 is 16.0 Å². The van der Waals surface area contributed by atoms with Gasteiger partial charge in [0.05, 0.1) is 17.9 Å². The van der Waals surface area contributed by atoms with Gasteiger partial charge in [-0.25, -0.2) is 0 Å². The molecular formula is C17H16N10O5S. The minimum absolute atomic E-state index is 0.0295. The lowest BCUT2D eigenvalue weighted by molar-refractivity contribution is -0.384. The van der Waals surface area contributed by atoms with Gasteiger partial charge in [-0.15, -0.1) is 0 Å². The number of hydrogen-bond acceptors (Lipinski definition) is 10. The fourth-order valence-corrected chi connectivity index (χ4v) is 3.23. The lowest BCUT2D eigenvalue weighted by atomic mass is 10.3. The van der Waals surface area contributed by atoms with Crippen LogP contribution in [-0.4, -0.2) is 53.7 Å². The minimum Gasteiger partial charge on any atom is -0.357 e. The quantitative estimate of drug-likeness (QED) is 0.239. The normalized spacial score (nSPS) is 10.3. The second-order valence-corrected chi connectivity index (χ2v) is 7.26. The summed E-state index contributed by atoms with van der Waals surface area (Å²) in [4.78, 5) is 50.6. The van der Waals surface area contributed by atoms with Crippen molar-refractivity contribution >= 4 is 45.8 Å². The number of aromatic nitrogens is 5. The lowest BCUT2D eigenvalue weighted by Crippen LogP contribution is -2.26. The molecule has 0 aromatic carbocycles. The first-order valence-corrected chi connectivity index (χ1v) is 10.0. The van der Waals surface area contributed by atoms with E-state index in [4.69, 9.17) is 5.26 Å². The number of nitriles is 1. The molecule has 33 heavy (non-hydrogen) atoms. The van der Waals surface area contributed by atoms with Crippen molar-refractivity contribution in [1.82, 2.24) is 29.9 Å². The summed E-state index contributed by atoms with van der Waals surface area (Å²) in [5.41, 5.74) is 0.0937. The predicted molar refractivity (Wildman–Crippen MR) is 114 cm³/mol. The van der Waals surface area contributed by atoms with Crippen molar-refractivity contribution in [2.24, 2.45) is 14.1 Å². The molecule has 0 atom stereocenters. The summed E-state index contributed by atoms with van der Waals surface area (Å²) in [6.45, 7) is 0.181. The van der Waals surface area contributed by atoms with Crippen LogP contribution in [0.15, 0.2) is 17.5 Å². The molecule has 3 N–H and O–H groups in total. The highest BCUT2D eigenvalue weighted by Gasteiger charge is 2.23.